The van der Waals surface area contributed by atoms with E-state index in [-0.39, 0.29) is 18.0 Å². The number of hydrogen-bond donors (Lipinski definition) is 1. The lowest BCUT2D eigenvalue weighted by Gasteiger charge is -2.26. The van der Waals surface area contributed by atoms with E-state index >= 15 is 0 Å². The standard InChI is InChI=1S/C23H25F4NO.C2H6/c24-19-12-13-28-20(15-19)16-22(14-17-6-4-2-1-3-5-7-17)29-21-10-8-18(9-11-21)23(25,26)27;1-2/h1-2,5-11,15,20,22,28H,3-4,12-14,16H2;1-2H3/b2-1-,7-5?,17-6+;. The number of halogens is 4. The van der Waals surface area contributed by atoms with Crippen molar-refractivity contribution in [2.24, 2.45) is 0 Å². The van der Waals surface area contributed by atoms with Crippen molar-refractivity contribution in [3.8, 4) is 5.75 Å². The number of ether oxygens (including phenoxy) is 1. The summed E-state index contributed by atoms with van der Waals surface area (Å²) in [6.45, 7) is 4.56. The maximum Gasteiger partial charge on any atom is 0.416 e. The number of allylic oxidation sites excluding steroid dienone is 5. The molecule has 2 nitrogen and oxygen atoms in total. The largest absolute Gasteiger partial charge is 0.490 e. The molecule has 0 spiro atoms. The summed E-state index contributed by atoms with van der Waals surface area (Å²) in [5.41, 5.74) is 0.393. The normalized spacial score (nSPS) is 22.6. The highest BCUT2D eigenvalue weighted by molar-refractivity contribution is 5.30. The van der Waals surface area contributed by atoms with E-state index in [0.29, 0.717) is 31.6 Å². The first-order valence-corrected chi connectivity index (χ1v) is 10.8. The van der Waals surface area contributed by atoms with Crippen molar-refractivity contribution in [1.29, 1.82) is 0 Å². The molecule has 0 aromatic heterocycles. The fourth-order valence-corrected chi connectivity index (χ4v) is 3.45. The van der Waals surface area contributed by atoms with Crippen LogP contribution >= 0.6 is 0 Å². The molecular formula is C25H31F4NO. The minimum atomic E-state index is -4.38. The van der Waals surface area contributed by atoms with Crippen LogP contribution in [0.15, 0.2) is 72.1 Å². The van der Waals surface area contributed by atoms with Gasteiger partial charge in [-0.3, -0.25) is 0 Å². The third-order valence-electron chi connectivity index (χ3n) is 4.90. The Kier molecular flexibility index (Phi) is 10.0. The van der Waals surface area contributed by atoms with Crippen LogP contribution in [0.4, 0.5) is 17.6 Å². The highest BCUT2D eigenvalue weighted by Gasteiger charge is 2.30. The zero-order valence-electron chi connectivity index (χ0n) is 18.1. The lowest BCUT2D eigenvalue weighted by Crippen LogP contribution is -2.36. The van der Waals surface area contributed by atoms with Gasteiger partial charge in [0.05, 0.1) is 11.4 Å². The Labute approximate surface area is 182 Å². The molecular weight excluding hydrogens is 406 g/mol. The number of alkyl halides is 3. The van der Waals surface area contributed by atoms with Gasteiger partial charge in [-0.25, -0.2) is 4.39 Å². The Hall–Kier alpha value is -2.34. The van der Waals surface area contributed by atoms with Crippen LogP contribution in [0.5, 0.6) is 5.75 Å². The summed E-state index contributed by atoms with van der Waals surface area (Å²) < 4.78 is 58.1. The summed E-state index contributed by atoms with van der Waals surface area (Å²) in [4.78, 5) is 0. The van der Waals surface area contributed by atoms with E-state index in [4.69, 9.17) is 4.74 Å². The van der Waals surface area contributed by atoms with E-state index < -0.39 is 11.7 Å². The van der Waals surface area contributed by atoms with Gasteiger partial charge < -0.3 is 10.1 Å². The summed E-state index contributed by atoms with van der Waals surface area (Å²) in [6, 6.07) is 4.55. The van der Waals surface area contributed by atoms with Gasteiger partial charge in [0, 0.05) is 31.8 Å². The molecule has 1 N–H and O–H groups in total. The molecule has 1 aliphatic heterocycles. The molecule has 0 saturated carbocycles. The maximum absolute atomic E-state index is 13.7. The quantitative estimate of drug-likeness (QED) is 0.372. The fraction of sp³-hybridized carbons (Fsp3) is 0.440. The second kappa shape index (κ2) is 12.5. The number of benzene rings is 1. The zero-order valence-corrected chi connectivity index (χ0v) is 18.1. The first-order valence-electron chi connectivity index (χ1n) is 10.8. The minimum Gasteiger partial charge on any atom is -0.490 e. The first kappa shape index (κ1) is 24.9. The molecule has 1 aromatic carbocycles. The molecule has 2 unspecified atom stereocenters. The number of hydrogen-bond acceptors (Lipinski definition) is 2. The molecule has 2 aliphatic rings. The van der Waals surface area contributed by atoms with E-state index in [2.05, 4.69) is 35.7 Å². The summed E-state index contributed by atoms with van der Waals surface area (Å²) in [7, 11) is 0. The molecule has 1 aromatic rings. The molecule has 6 heteroatoms. The monoisotopic (exact) mass is 437 g/mol. The maximum atomic E-state index is 13.7. The fourth-order valence-electron chi connectivity index (χ4n) is 3.45. The van der Waals surface area contributed by atoms with Crippen LogP contribution in [0.25, 0.3) is 0 Å². The van der Waals surface area contributed by atoms with Crippen molar-refractivity contribution in [2.45, 2.75) is 64.3 Å². The van der Waals surface area contributed by atoms with Crippen LogP contribution in [0.2, 0.25) is 0 Å². The zero-order chi connectivity index (χ0) is 22.7. The number of nitrogens with one attached hydrogen (secondary N) is 1. The smallest absolute Gasteiger partial charge is 0.416 e. The van der Waals surface area contributed by atoms with E-state index in [1.807, 2.05) is 13.8 Å². The van der Waals surface area contributed by atoms with Crippen LogP contribution in [-0.2, 0) is 6.18 Å². The molecule has 0 saturated heterocycles. The molecule has 1 heterocycles. The molecule has 0 radical (unpaired) electrons. The van der Waals surface area contributed by atoms with Crippen molar-refractivity contribution in [3.05, 3.63) is 77.7 Å². The molecule has 0 fully saturated rings. The van der Waals surface area contributed by atoms with Crippen molar-refractivity contribution in [1.82, 2.24) is 5.32 Å². The molecule has 1 aliphatic carbocycles. The molecule has 3 rings (SSSR count). The van der Waals surface area contributed by atoms with Crippen molar-refractivity contribution < 1.29 is 22.3 Å². The van der Waals surface area contributed by atoms with Gasteiger partial charge in [0.25, 0.3) is 0 Å². The van der Waals surface area contributed by atoms with E-state index in [1.165, 1.54) is 12.1 Å². The Balaban J connectivity index is 0.00000166. The third kappa shape index (κ3) is 8.74. The Bertz CT molecular complexity index is 791. The predicted molar refractivity (Wildman–Crippen MR) is 118 cm³/mol. The Morgan fingerprint density at radius 2 is 1.77 bits per heavy atom. The average Bonchev–Trinajstić information content (AvgIpc) is 2.71. The van der Waals surface area contributed by atoms with Gasteiger partial charge in [0.1, 0.15) is 11.9 Å². The van der Waals surface area contributed by atoms with Crippen LogP contribution in [-0.4, -0.2) is 18.7 Å². The predicted octanol–water partition coefficient (Wildman–Crippen LogP) is 7.31. The van der Waals surface area contributed by atoms with Crippen LogP contribution in [0.1, 0.15) is 51.5 Å². The molecule has 2 atom stereocenters. The van der Waals surface area contributed by atoms with Crippen molar-refractivity contribution >= 4 is 0 Å². The molecule has 170 valence electrons. The van der Waals surface area contributed by atoms with Gasteiger partial charge in [-0.1, -0.05) is 44.2 Å². The summed E-state index contributed by atoms with van der Waals surface area (Å²) in [5.74, 6) is 0.232. The topological polar surface area (TPSA) is 21.3 Å². The van der Waals surface area contributed by atoms with E-state index in [1.54, 1.807) is 6.08 Å². The van der Waals surface area contributed by atoms with Crippen LogP contribution < -0.4 is 10.1 Å². The SMILES string of the molecule is CC.FC1=CC(CC(C/C2=C/C/C=C\CC=C2)Oc2ccc(C(F)(F)F)cc2)NCC1. The van der Waals surface area contributed by atoms with E-state index in [0.717, 1.165) is 30.5 Å². The summed E-state index contributed by atoms with van der Waals surface area (Å²) in [6.07, 6.45) is 10.5. The molecule has 0 bridgehead atoms. The number of rotatable bonds is 6. The second-order valence-electron chi connectivity index (χ2n) is 7.25. The van der Waals surface area contributed by atoms with Gasteiger partial charge in [-0.15, -0.1) is 0 Å². The van der Waals surface area contributed by atoms with Gasteiger partial charge in [-0.05, 0) is 48.8 Å². The minimum absolute atomic E-state index is 0.141. The summed E-state index contributed by atoms with van der Waals surface area (Å²) >= 11 is 0. The first-order chi connectivity index (χ1) is 14.9. The Morgan fingerprint density at radius 3 is 2.45 bits per heavy atom. The van der Waals surface area contributed by atoms with Crippen molar-refractivity contribution in [2.75, 3.05) is 6.54 Å². The van der Waals surface area contributed by atoms with Crippen LogP contribution in [0.3, 0.4) is 0 Å². The van der Waals surface area contributed by atoms with Gasteiger partial charge in [0.15, 0.2) is 0 Å². The van der Waals surface area contributed by atoms with Gasteiger partial charge >= 0.3 is 6.18 Å². The van der Waals surface area contributed by atoms with Crippen LogP contribution in [0, 0.1) is 0 Å². The highest BCUT2D eigenvalue weighted by atomic mass is 19.4. The van der Waals surface area contributed by atoms with Gasteiger partial charge in [-0.2, -0.15) is 13.2 Å². The second-order valence-corrected chi connectivity index (χ2v) is 7.25. The summed E-state index contributed by atoms with van der Waals surface area (Å²) in [5, 5.41) is 3.26. The highest BCUT2D eigenvalue weighted by Crippen LogP contribution is 2.31. The average molecular weight is 438 g/mol. The lowest BCUT2D eigenvalue weighted by molar-refractivity contribution is -0.137. The third-order valence-corrected chi connectivity index (χ3v) is 4.90. The molecule has 0 amide bonds. The van der Waals surface area contributed by atoms with E-state index in [9.17, 15) is 17.6 Å². The molecule has 31 heavy (non-hydrogen) atoms. The van der Waals surface area contributed by atoms with Gasteiger partial charge in [0.2, 0.25) is 0 Å². The van der Waals surface area contributed by atoms with Crippen molar-refractivity contribution in [3.63, 3.8) is 0 Å². The Morgan fingerprint density at radius 1 is 1.06 bits per heavy atom. The lowest BCUT2D eigenvalue weighted by atomic mass is 9.97.